The van der Waals surface area contributed by atoms with Crippen molar-refractivity contribution in [2.24, 2.45) is 0 Å². The molecule has 32 heavy (non-hydrogen) atoms. The predicted octanol–water partition coefficient (Wildman–Crippen LogP) is 3.91. The van der Waals surface area contributed by atoms with Gasteiger partial charge in [-0.2, -0.15) is 23.0 Å². The SMILES string of the molecule is O=c1c2cnn(C3CCCCO3)c2c2ccc(-c3cccc[n+]3[O-])cc2n1CC(F)(F)F. The fourth-order valence-electron chi connectivity index (χ4n) is 4.28. The summed E-state index contributed by atoms with van der Waals surface area (Å²) in [6.07, 6.45) is 0.164. The van der Waals surface area contributed by atoms with Crippen LogP contribution in [0.1, 0.15) is 25.5 Å². The maximum atomic E-state index is 13.4. The fourth-order valence-corrected chi connectivity index (χ4v) is 4.28. The van der Waals surface area contributed by atoms with Gasteiger partial charge in [0.1, 0.15) is 6.54 Å². The minimum absolute atomic E-state index is 0.0822. The van der Waals surface area contributed by atoms with Crippen molar-refractivity contribution < 1.29 is 22.6 Å². The predicted molar refractivity (Wildman–Crippen MR) is 111 cm³/mol. The van der Waals surface area contributed by atoms with Crippen molar-refractivity contribution >= 4 is 21.8 Å². The molecule has 1 aromatic carbocycles. The highest BCUT2D eigenvalue weighted by Gasteiger charge is 2.31. The van der Waals surface area contributed by atoms with E-state index in [2.05, 4.69) is 5.10 Å². The van der Waals surface area contributed by atoms with Crippen LogP contribution in [0, 0.1) is 5.21 Å². The van der Waals surface area contributed by atoms with E-state index < -0.39 is 18.3 Å². The van der Waals surface area contributed by atoms with E-state index in [1.54, 1.807) is 35.0 Å². The zero-order chi connectivity index (χ0) is 22.5. The van der Waals surface area contributed by atoms with Crippen LogP contribution < -0.4 is 10.3 Å². The van der Waals surface area contributed by atoms with Crippen molar-refractivity contribution in [2.75, 3.05) is 6.61 Å². The van der Waals surface area contributed by atoms with Crippen LogP contribution in [0.2, 0.25) is 0 Å². The first kappa shape index (κ1) is 20.5. The van der Waals surface area contributed by atoms with E-state index in [0.29, 0.717) is 38.8 Å². The molecular formula is C22H19F3N4O3. The molecule has 7 nitrogen and oxygen atoms in total. The Morgan fingerprint density at radius 3 is 2.75 bits per heavy atom. The number of pyridine rings is 2. The Bertz CT molecular complexity index is 1370. The summed E-state index contributed by atoms with van der Waals surface area (Å²) in [5, 5.41) is 17.0. The van der Waals surface area contributed by atoms with Crippen LogP contribution in [0.15, 0.2) is 53.6 Å². The van der Waals surface area contributed by atoms with Gasteiger partial charge < -0.3 is 9.94 Å². The summed E-state index contributed by atoms with van der Waals surface area (Å²) < 4.78 is 48.9. The van der Waals surface area contributed by atoms with Gasteiger partial charge in [-0.25, -0.2) is 4.68 Å². The van der Waals surface area contributed by atoms with Crippen LogP contribution in [0.4, 0.5) is 13.2 Å². The molecule has 1 aliphatic rings. The highest BCUT2D eigenvalue weighted by atomic mass is 19.4. The van der Waals surface area contributed by atoms with E-state index in [1.165, 1.54) is 18.5 Å². The highest BCUT2D eigenvalue weighted by molar-refractivity contribution is 6.04. The average molecular weight is 444 g/mol. The van der Waals surface area contributed by atoms with Crippen LogP contribution in [0.3, 0.4) is 0 Å². The molecule has 0 amide bonds. The highest BCUT2D eigenvalue weighted by Crippen LogP contribution is 2.32. The van der Waals surface area contributed by atoms with Gasteiger partial charge in [-0.3, -0.25) is 9.36 Å². The molecular weight excluding hydrogens is 425 g/mol. The second-order valence-electron chi connectivity index (χ2n) is 7.82. The smallest absolute Gasteiger partial charge is 0.406 e. The Hall–Kier alpha value is -3.40. The van der Waals surface area contributed by atoms with Gasteiger partial charge in [0.25, 0.3) is 5.56 Å². The Labute approximate surface area is 179 Å². The van der Waals surface area contributed by atoms with E-state index in [0.717, 1.165) is 12.8 Å². The van der Waals surface area contributed by atoms with Crippen LogP contribution in [0.25, 0.3) is 33.1 Å². The summed E-state index contributed by atoms with van der Waals surface area (Å²) in [4.78, 5) is 13.1. The quantitative estimate of drug-likeness (QED) is 0.355. The Kier molecular flexibility index (Phi) is 4.89. The fraction of sp³-hybridized carbons (Fsp3) is 0.318. The van der Waals surface area contributed by atoms with Gasteiger partial charge in [0.15, 0.2) is 12.4 Å². The zero-order valence-electron chi connectivity index (χ0n) is 16.9. The Morgan fingerprint density at radius 1 is 1.19 bits per heavy atom. The second-order valence-corrected chi connectivity index (χ2v) is 7.82. The minimum atomic E-state index is -4.60. The summed E-state index contributed by atoms with van der Waals surface area (Å²) in [6.45, 7) is -0.893. The van der Waals surface area contributed by atoms with Gasteiger partial charge in [0, 0.05) is 29.7 Å². The average Bonchev–Trinajstić information content (AvgIpc) is 3.22. The monoisotopic (exact) mass is 444 g/mol. The molecule has 10 heteroatoms. The maximum absolute atomic E-state index is 13.4. The lowest BCUT2D eigenvalue weighted by Gasteiger charge is -2.24. The van der Waals surface area contributed by atoms with E-state index in [4.69, 9.17) is 4.74 Å². The standard InChI is InChI=1S/C22H19F3N4O3/c23-22(24,25)13-27-18-11-14(17-5-1-3-9-28(17)31)7-8-15(18)20-16(21(27)30)12-26-29(20)19-6-2-4-10-32-19/h1,3,5,7-9,11-12,19H,2,4,6,10,13H2. The van der Waals surface area contributed by atoms with Crippen LogP contribution in [0.5, 0.6) is 0 Å². The van der Waals surface area contributed by atoms with Crippen LogP contribution in [-0.4, -0.2) is 27.1 Å². The molecule has 0 bridgehead atoms. The second kappa shape index (κ2) is 7.63. The number of alkyl halides is 3. The molecule has 0 radical (unpaired) electrons. The van der Waals surface area contributed by atoms with Crippen molar-refractivity contribution in [2.45, 2.75) is 38.2 Å². The number of halogens is 3. The molecule has 1 atom stereocenters. The summed E-state index contributed by atoms with van der Waals surface area (Å²) in [5.74, 6) is 0. The van der Waals surface area contributed by atoms with Gasteiger partial charge in [-0.15, -0.1) is 0 Å². The van der Waals surface area contributed by atoms with Gasteiger partial charge in [0.2, 0.25) is 5.69 Å². The Balaban J connectivity index is 1.82. The molecule has 1 fully saturated rings. The third-order valence-corrected chi connectivity index (χ3v) is 5.70. The molecule has 0 N–H and O–H groups in total. The lowest BCUT2D eigenvalue weighted by Crippen LogP contribution is -2.29. The summed E-state index contributed by atoms with van der Waals surface area (Å²) in [6, 6.07) is 9.53. The van der Waals surface area contributed by atoms with E-state index in [-0.39, 0.29) is 22.8 Å². The van der Waals surface area contributed by atoms with Crippen molar-refractivity contribution in [3.8, 4) is 11.3 Å². The lowest BCUT2D eigenvalue weighted by molar-refractivity contribution is -0.593. The number of fused-ring (bicyclic) bond motifs is 3. The third kappa shape index (κ3) is 3.50. The number of ether oxygens (including phenoxy) is 1. The molecule has 4 heterocycles. The Morgan fingerprint density at radius 2 is 2.03 bits per heavy atom. The van der Waals surface area contributed by atoms with Crippen molar-refractivity contribution in [3.05, 3.63) is 64.4 Å². The molecule has 4 aromatic rings. The van der Waals surface area contributed by atoms with Crippen molar-refractivity contribution in [1.82, 2.24) is 14.3 Å². The zero-order valence-corrected chi connectivity index (χ0v) is 16.9. The van der Waals surface area contributed by atoms with Gasteiger partial charge in [0.05, 0.1) is 22.6 Å². The largest absolute Gasteiger partial charge is 0.618 e. The first-order chi connectivity index (χ1) is 15.3. The molecule has 0 saturated carbocycles. The number of aromatic nitrogens is 4. The van der Waals surface area contributed by atoms with Gasteiger partial charge in [-0.1, -0.05) is 0 Å². The van der Waals surface area contributed by atoms with Crippen molar-refractivity contribution in [3.63, 3.8) is 0 Å². The molecule has 3 aromatic heterocycles. The van der Waals surface area contributed by atoms with Gasteiger partial charge >= 0.3 is 6.18 Å². The first-order valence-corrected chi connectivity index (χ1v) is 10.2. The molecule has 0 spiro atoms. The van der Waals surface area contributed by atoms with E-state index in [9.17, 15) is 23.2 Å². The number of nitrogens with zero attached hydrogens (tertiary/aromatic N) is 4. The number of rotatable bonds is 3. The molecule has 1 unspecified atom stereocenters. The van der Waals surface area contributed by atoms with E-state index >= 15 is 0 Å². The third-order valence-electron chi connectivity index (χ3n) is 5.70. The molecule has 1 saturated heterocycles. The van der Waals surface area contributed by atoms with Crippen LogP contribution in [-0.2, 0) is 11.3 Å². The van der Waals surface area contributed by atoms with Crippen molar-refractivity contribution in [1.29, 1.82) is 0 Å². The summed E-state index contributed by atoms with van der Waals surface area (Å²) >= 11 is 0. The normalized spacial score (nSPS) is 17.3. The number of hydrogen-bond acceptors (Lipinski definition) is 4. The molecule has 0 aliphatic carbocycles. The summed E-state index contributed by atoms with van der Waals surface area (Å²) in [7, 11) is 0. The van der Waals surface area contributed by atoms with Crippen LogP contribution >= 0.6 is 0 Å². The maximum Gasteiger partial charge on any atom is 0.406 e. The molecule has 1 aliphatic heterocycles. The lowest BCUT2D eigenvalue weighted by atomic mass is 10.1. The molecule has 166 valence electrons. The molecule has 5 rings (SSSR count). The minimum Gasteiger partial charge on any atom is -0.618 e. The van der Waals surface area contributed by atoms with E-state index in [1.807, 2.05) is 0 Å². The topological polar surface area (TPSA) is 76.0 Å². The number of hydrogen-bond donors (Lipinski definition) is 0. The van der Waals surface area contributed by atoms with Gasteiger partial charge in [-0.05, 0) is 43.5 Å². The number of benzene rings is 1. The first-order valence-electron chi connectivity index (χ1n) is 10.2. The summed E-state index contributed by atoms with van der Waals surface area (Å²) in [5.41, 5.74) is 0.406.